The predicted molar refractivity (Wildman–Crippen MR) is 66.3 cm³/mol. The highest BCUT2D eigenvalue weighted by Crippen LogP contribution is 2.35. The summed E-state index contributed by atoms with van der Waals surface area (Å²) in [6.07, 6.45) is 7.70. The summed E-state index contributed by atoms with van der Waals surface area (Å²) in [5.41, 5.74) is 0.133. The van der Waals surface area contributed by atoms with Gasteiger partial charge in [-0.05, 0) is 38.6 Å². The largest absolute Gasteiger partial charge is 0.334 e. The monoisotopic (exact) mass is 221 g/mol. The first-order chi connectivity index (χ1) is 7.68. The molecular weight excluding hydrogens is 198 g/mol. The molecule has 1 fully saturated rings. The molecule has 0 aromatic carbocycles. The summed E-state index contributed by atoms with van der Waals surface area (Å²) >= 11 is 0. The Labute approximate surface area is 98.3 Å². The highest BCUT2D eigenvalue weighted by atomic mass is 15.1. The van der Waals surface area contributed by atoms with Crippen LogP contribution in [0.5, 0.6) is 0 Å². The molecule has 1 unspecified atom stereocenters. The van der Waals surface area contributed by atoms with Crippen molar-refractivity contribution in [2.24, 2.45) is 5.92 Å². The van der Waals surface area contributed by atoms with E-state index in [0.29, 0.717) is 5.92 Å². The summed E-state index contributed by atoms with van der Waals surface area (Å²) in [4.78, 5) is 4.59. The van der Waals surface area contributed by atoms with Crippen molar-refractivity contribution in [3.63, 3.8) is 0 Å². The zero-order valence-corrected chi connectivity index (χ0v) is 10.7. The minimum atomic E-state index is 0.133. The normalized spacial score (nSPS) is 25.5. The van der Waals surface area contributed by atoms with Gasteiger partial charge in [0, 0.05) is 18.9 Å². The van der Waals surface area contributed by atoms with Gasteiger partial charge in [0.2, 0.25) is 0 Å². The van der Waals surface area contributed by atoms with Gasteiger partial charge in [0.15, 0.2) is 0 Å². The maximum Gasteiger partial charge on any atom is 0.129 e. The highest BCUT2D eigenvalue weighted by molar-refractivity contribution is 5.12. The van der Waals surface area contributed by atoms with E-state index in [-0.39, 0.29) is 5.54 Å². The van der Waals surface area contributed by atoms with Crippen LogP contribution < -0.4 is 5.32 Å². The second-order valence-electron chi connectivity index (χ2n) is 5.25. The van der Waals surface area contributed by atoms with Crippen LogP contribution in [0.3, 0.4) is 0 Å². The molecule has 0 bridgehead atoms. The van der Waals surface area contributed by atoms with Gasteiger partial charge >= 0.3 is 0 Å². The van der Waals surface area contributed by atoms with Crippen molar-refractivity contribution in [3.05, 3.63) is 18.2 Å². The van der Waals surface area contributed by atoms with Crippen LogP contribution in [0.1, 0.15) is 45.9 Å². The van der Waals surface area contributed by atoms with Gasteiger partial charge in [0.25, 0.3) is 0 Å². The van der Waals surface area contributed by atoms with Crippen molar-refractivity contribution in [1.82, 2.24) is 14.9 Å². The van der Waals surface area contributed by atoms with Crippen molar-refractivity contribution < 1.29 is 0 Å². The summed E-state index contributed by atoms with van der Waals surface area (Å²) in [6, 6.07) is 0. The average molecular weight is 221 g/mol. The van der Waals surface area contributed by atoms with Crippen LogP contribution in [-0.2, 0) is 12.1 Å². The first kappa shape index (κ1) is 11.6. The van der Waals surface area contributed by atoms with Crippen LogP contribution in [0.4, 0.5) is 0 Å². The van der Waals surface area contributed by atoms with E-state index in [9.17, 15) is 0 Å². The number of hydrogen-bond acceptors (Lipinski definition) is 2. The van der Waals surface area contributed by atoms with Crippen LogP contribution in [0.15, 0.2) is 12.4 Å². The Morgan fingerprint density at radius 1 is 1.56 bits per heavy atom. The van der Waals surface area contributed by atoms with E-state index in [0.717, 1.165) is 13.1 Å². The number of imidazole rings is 1. The number of rotatable bonds is 4. The van der Waals surface area contributed by atoms with Crippen molar-refractivity contribution in [2.45, 2.75) is 52.1 Å². The smallest absolute Gasteiger partial charge is 0.129 e. The Morgan fingerprint density at radius 3 is 2.94 bits per heavy atom. The lowest BCUT2D eigenvalue weighted by atomic mass is 9.86. The molecule has 2 rings (SSSR count). The average Bonchev–Trinajstić information content (AvgIpc) is 2.84. The summed E-state index contributed by atoms with van der Waals surface area (Å²) < 4.78 is 2.28. The van der Waals surface area contributed by atoms with E-state index in [4.69, 9.17) is 0 Å². The molecule has 1 aromatic heterocycles. The zero-order chi connectivity index (χ0) is 11.6. The molecule has 3 nitrogen and oxygen atoms in total. The fourth-order valence-electron chi connectivity index (χ4n) is 2.94. The van der Waals surface area contributed by atoms with Gasteiger partial charge in [-0.15, -0.1) is 0 Å². The third-order valence-electron chi connectivity index (χ3n) is 3.48. The Bertz CT molecular complexity index is 335. The van der Waals surface area contributed by atoms with Crippen LogP contribution in [0, 0.1) is 5.92 Å². The second-order valence-corrected chi connectivity index (χ2v) is 5.25. The molecule has 16 heavy (non-hydrogen) atoms. The molecule has 0 spiro atoms. The molecule has 1 aliphatic heterocycles. The minimum absolute atomic E-state index is 0.133. The molecule has 90 valence electrons. The van der Waals surface area contributed by atoms with Crippen molar-refractivity contribution in [2.75, 3.05) is 6.54 Å². The Morgan fingerprint density at radius 2 is 2.38 bits per heavy atom. The second kappa shape index (κ2) is 4.58. The van der Waals surface area contributed by atoms with E-state index in [1.807, 2.05) is 6.20 Å². The lowest BCUT2D eigenvalue weighted by Crippen LogP contribution is -2.40. The molecule has 1 aromatic rings. The van der Waals surface area contributed by atoms with E-state index in [1.165, 1.54) is 25.1 Å². The van der Waals surface area contributed by atoms with E-state index in [2.05, 4.69) is 41.8 Å². The first-order valence-corrected chi connectivity index (χ1v) is 6.44. The third kappa shape index (κ3) is 2.01. The Kier molecular flexibility index (Phi) is 3.33. The number of aryl methyl sites for hydroxylation is 1. The number of nitrogens with zero attached hydrogens (tertiary/aromatic N) is 2. The van der Waals surface area contributed by atoms with Gasteiger partial charge in [-0.3, -0.25) is 0 Å². The van der Waals surface area contributed by atoms with Gasteiger partial charge < -0.3 is 9.88 Å². The van der Waals surface area contributed by atoms with Crippen molar-refractivity contribution in [1.29, 1.82) is 0 Å². The number of hydrogen-bond donors (Lipinski definition) is 1. The van der Waals surface area contributed by atoms with Gasteiger partial charge in [0.1, 0.15) is 5.82 Å². The third-order valence-corrected chi connectivity index (χ3v) is 3.48. The summed E-state index contributed by atoms with van der Waals surface area (Å²) in [7, 11) is 0. The Hall–Kier alpha value is -0.830. The summed E-state index contributed by atoms with van der Waals surface area (Å²) in [5, 5.41) is 3.70. The van der Waals surface area contributed by atoms with Crippen LogP contribution >= 0.6 is 0 Å². The standard InChI is InChI=1S/C13H23N3/c1-4-16-9-8-14-12(16)13(10-11(2)3)6-5-7-15-13/h8-9,11,15H,4-7,10H2,1-3H3. The predicted octanol–water partition coefficient (Wildman–Crippen LogP) is 2.53. The molecule has 2 heterocycles. The Balaban J connectivity index is 2.31. The van der Waals surface area contributed by atoms with Crippen LogP contribution in [-0.4, -0.2) is 16.1 Å². The molecule has 3 heteroatoms. The van der Waals surface area contributed by atoms with Gasteiger partial charge in [-0.25, -0.2) is 4.98 Å². The topological polar surface area (TPSA) is 29.9 Å². The molecule has 0 saturated carbocycles. The van der Waals surface area contributed by atoms with Crippen LogP contribution in [0.2, 0.25) is 0 Å². The minimum Gasteiger partial charge on any atom is -0.334 e. The quantitative estimate of drug-likeness (QED) is 0.846. The summed E-state index contributed by atoms with van der Waals surface area (Å²) in [6.45, 7) is 8.91. The van der Waals surface area contributed by atoms with Crippen molar-refractivity contribution in [3.8, 4) is 0 Å². The van der Waals surface area contributed by atoms with Gasteiger partial charge in [-0.1, -0.05) is 13.8 Å². The SMILES string of the molecule is CCn1ccnc1C1(CC(C)C)CCCN1. The van der Waals surface area contributed by atoms with Gasteiger partial charge in [-0.2, -0.15) is 0 Å². The van der Waals surface area contributed by atoms with Crippen LogP contribution in [0.25, 0.3) is 0 Å². The lowest BCUT2D eigenvalue weighted by molar-refractivity contribution is 0.284. The zero-order valence-electron chi connectivity index (χ0n) is 10.7. The maximum absolute atomic E-state index is 4.59. The molecule has 0 aliphatic carbocycles. The summed E-state index contributed by atoms with van der Waals surface area (Å²) in [5.74, 6) is 1.94. The molecule has 0 radical (unpaired) electrons. The first-order valence-electron chi connectivity index (χ1n) is 6.44. The van der Waals surface area contributed by atoms with E-state index >= 15 is 0 Å². The molecule has 1 saturated heterocycles. The number of nitrogens with one attached hydrogen (secondary N) is 1. The highest BCUT2D eigenvalue weighted by Gasteiger charge is 2.39. The van der Waals surface area contributed by atoms with E-state index < -0.39 is 0 Å². The molecule has 1 atom stereocenters. The molecular formula is C13H23N3. The number of aromatic nitrogens is 2. The van der Waals surface area contributed by atoms with E-state index in [1.54, 1.807) is 0 Å². The maximum atomic E-state index is 4.59. The van der Waals surface area contributed by atoms with Gasteiger partial charge in [0.05, 0.1) is 5.54 Å². The molecule has 1 N–H and O–H groups in total. The van der Waals surface area contributed by atoms with Crippen molar-refractivity contribution >= 4 is 0 Å². The molecule has 0 amide bonds. The lowest BCUT2D eigenvalue weighted by Gasteiger charge is -2.31. The fourth-order valence-corrected chi connectivity index (χ4v) is 2.94. The fraction of sp³-hybridized carbons (Fsp3) is 0.769. The molecule has 1 aliphatic rings.